The van der Waals surface area contributed by atoms with Crippen LogP contribution in [0.3, 0.4) is 0 Å². The maximum Gasteiger partial charge on any atom is 0.187 e. The summed E-state index contributed by atoms with van der Waals surface area (Å²) in [5.74, 6) is 0.488. The molecule has 6 heteroatoms. The van der Waals surface area contributed by atoms with Gasteiger partial charge in [0.1, 0.15) is 17.8 Å². The van der Waals surface area contributed by atoms with Gasteiger partial charge in [-0.3, -0.25) is 0 Å². The molecule has 0 bridgehead atoms. The van der Waals surface area contributed by atoms with Crippen molar-refractivity contribution in [2.45, 2.75) is 6.92 Å². The summed E-state index contributed by atoms with van der Waals surface area (Å²) in [6.07, 6.45) is 1.36. The third-order valence-electron chi connectivity index (χ3n) is 2.54. The topological polar surface area (TPSA) is 47.0 Å². The van der Waals surface area contributed by atoms with Crippen LogP contribution in [0.2, 0.25) is 5.02 Å². The van der Waals surface area contributed by atoms with E-state index in [1.807, 2.05) is 6.92 Å². The normalized spacial score (nSPS) is 10.3. The van der Waals surface area contributed by atoms with Gasteiger partial charge in [-0.15, -0.1) is 0 Å². The third-order valence-corrected chi connectivity index (χ3v) is 2.77. The van der Waals surface area contributed by atoms with Gasteiger partial charge >= 0.3 is 0 Å². The molecule has 100 valence electrons. The van der Waals surface area contributed by atoms with E-state index in [9.17, 15) is 4.39 Å². The van der Waals surface area contributed by atoms with E-state index in [2.05, 4.69) is 15.3 Å². The first kappa shape index (κ1) is 13.5. The molecule has 0 radical (unpaired) electrons. The molecule has 0 fully saturated rings. The Morgan fingerprint density at radius 3 is 2.79 bits per heavy atom. The van der Waals surface area contributed by atoms with E-state index in [-0.39, 0.29) is 0 Å². The molecule has 0 saturated heterocycles. The Balaban J connectivity index is 2.58. The molecule has 0 spiro atoms. The van der Waals surface area contributed by atoms with Crippen molar-refractivity contribution in [3.8, 4) is 17.0 Å². The van der Waals surface area contributed by atoms with Gasteiger partial charge < -0.3 is 10.1 Å². The number of methoxy groups -OCH3 is 1. The molecule has 2 aromatic rings. The molecule has 19 heavy (non-hydrogen) atoms. The Morgan fingerprint density at radius 2 is 2.16 bits per heavy atom. The predicted octanol–water partition coefficient (Wildman–Crippen LogP) is 3.38. The fourth-order valence-electron chi connectivity index (χ4n) is 1.73. The number of nitrogens with zero attached hydrogens (tertiary/aromatic N) is 2. The Labute approximate surface area is 115 Å². The summed E-state index contributed by atoms with van der Waals surface area (Å²) >= 11 is 5.74. The van der Waals surface area contributed by atoms with Crippen molar-refractivity contribution in [3.05, 3.63) is 35.4 Å². The van der Waals surface area contributed by atoms with Crippen LogP contribution in [0.1, 0.15) is 6.92 Å². The second-order valence-corrected chi connectivity index (χ2v) is 4.20. The smallest absolute Gasteiger partial charge is 0.187 e. The Kier molecular flexibility index (Phi) is 4.16. The lowest BCUT2D eigenvalue weighted by atomic mass is 10.1. The van der Waals surface area contributed by atoms with Gasteiger partial charge in [-0.2, -0.15) is 0 Å². The molecule has 0 saturated carbocycles. The molecule has 0 aliphatic carbocycles. The van der Waals surface area contributed by atoms with Gasteiger partial charge in [0.2, 0.25) is 0 Å². The van der Waals surface area contributed by atoms with Gasteiger partial charge in [0.25, 0.3) is 0 Å². The number of hydrogen-bond acceptors (Lipinski definition) is 4. The maximum atomic E-state index is 13.9. The van der Waals surface area contributed by atoms with Gasteiger partial charge in [0.05, 0.1) is 7.11 Å². The highest BCUT2D eigenvalue weighted by Crippen LogP contribution is 2.34. The van der Waals surface area contributed by atoms with Crippen LogP contribution in [0.5, 0.6) is 5.75 Å². The molecular weight excluding hydrogens is 269 g/mol. The zero-order valence-corrected chi connectivity index (χ0v) is 11.3. The number of halogens is 2. The minimum absolute atomic E-state index is 0.322. The number of anilines is 1. The largest absolute Gasteiger partial charge is 0.491 e. The van der Waals surface area contributed by atoms with Gasteiger partial charge in [0, 0.05) is 17.1 Å². The van der Waals surface area contributed by atoms with Crippen molar-refractivity contribution in [2.24, 2.45) is 0 Å². The fraction of sp³-hybridized carbons (Fsp3) is 0.231. The van der Waals surface area contributed by atoms with E-state index in [1.54, 1.807) is 12.1 Å². The van der Waals surface area contributed by atoms with Crippen molar-refractivity contribution < 1.29 is 9.13 Å². The van der Waals surface area contributed by atoms with Crippen molar-refractivity contribution in [1.29, 1.82) is 0 Å². The molecule has 0 aliphatic rings. The van der Waals surface area contributed by atoms with E-state index >= 15 is 0 Å². The standard InChI is InChI=1S/C13H13ClFN3O/c1-3-16-13-12(19-2)11(17-7-18-13)9-5-4-8(14)6-10(9)15/h4-7H,3H2,1-2H3,(H,16,17,18). The molecular formula is C13H13ClFN3O. The van der Waals surface area contributed by atoms with Crippen molar-refractivity contribution >= 4 is 17.4 Å². The first-order valence-electron chi connectivity index (χ1n) is 5.75. The molecule has 1 aromatic carbocycles. The van der Waals surface area contributed by atoms with E-state index in [1.165, 1.54) is 19.5 Å². The van der Waals surface area contributed by atoms with Crippen LogP contribution >= 0.6 is 11.6 Å². The molecule has 0 unspecified atom stereocenters. The van der Waals surface area contributed by atoms with Crippen LogP contribution in [-0.2, 0) is 0 Å². The van der Waals surface area contributed by atoms with Crippen LogP contribution < -0.4 is 10.1 Å². The number of hydrogen-bond donors (Lipinski definition) is 1. The Bertz CT molecular complexity index is 592. The zero-order chi connectivity index (χ0) is 13.8. The average Bonchev–Trinajstić information content (AvgIpc) is 2.39. The number of benzene rings is 1. The van der Waals surface area contributed by atoms with Crippen LogP contribution in [-0.4, -0.2) is 23.6 Å². The van der Waals surface area contributed by atoms with Gasteiger partial charge in [-0.1, -0.05) is 11.6 Å². The first-order chi connectivity index (χ1) is 9.17. The van der Waals surface area contributed by atoms with Gasteiger partial charge in [-0.05, 0) is 25.1 Å². The summed E-state index contributed by atoms with van der Waals surface area (Å²) in [7, 11) is 1.50. The lowest BCUT2D eigenvalue weighted by molar-refractivity contribution is 0.414. The molecule has 1 aromatic heterocycles. The first-order valence-corrected chi connectivity index (χ1v) is 6.13. The highest BCUT2D eigenvalue weighted by atomic mass is 35.5. The highest BCUT2D eigenvalue weighted by molar-refractivity contribution is 6.30. The minimum Gasteiger partial charge on any atom is -0.491 e. The minimum atomic E-state index is -0.452. The van der Waals surface area contributed by atoms with Crippen molar-refractivity contribution in [2.75, 3.05) is 19.0 Å². The molecule has 1 N–H and O–H groups in total. The zero-order valence-electron chi connectivity index (χ0n) is 10.6. The molecule has 2 rings (SSSR count). The average molecular weight is 282 g/mol. The summed E-state index contributed by atoms with van der Waals surface area (Å²) < 4.78 is 19.2. The van der Waals surface area contributed by atoms with E-state index in [0.29, 0.717) is 34.4 Å². The van der Waals surface area contributed by atoms with Crippen LogP contribution in [0.25, 0.3) is 11.3 Å². The third kappa shape index (κ3) is 2.76. The molecule has 1 heterocycles. The SMILES string of the molecule is CCNc1ncnc(-c2ccc(Cl)cc2F)c1OC. The lowest BCUT2D eigenvalue weighted by Gasteiger charge is -2.12. The monoisotopic (exact) mass is 281 g/mol. The Hall–Kier alpha value is -1.88. The van der Waals surface area contributed by atoms with Crippen LogP contribution in [0.15, 0.2) is 24.5 Å². The summed E-state index contributed by atoms with van der Waals surface area (Å²) in [5, 5.41) is 3.38. The summed E-state index contributed by atoms with van der Waals surface area (Å²) in [6, 6.07) is 4.41. The second-order valence-electron chi connectivity index (χ2n) is 3.76. The number of aromatic nitrogens is 2. The van der Waals surface area contributed by atoms with E-state index in [4.69, 9.17) is 16.3 Å². The molecule has 4 nitrogen and oxygen atoms in total. The summed E-state index contributed by atoms with van der Waals surface area (Å²) in [4.78, 5) is 8.17. The Morgan fingerprint density at radius 1 is 1.37 bits per heavy atom. The second kappa shape index (κ2) is 5.84. The quantitative estimate of drug-likeness (QED) is 0.933. The van der Waals surface area contributed by atoms with Gasteiger partial charge in [-0.25, -0.2) is 14.4 Å². The number of rotatable bonds is 4. The highest BCUT2D eigenvalue weighted by Gasteiger charge is 2.16. The van der Waals surface area contributed by atoms with Crippen molar-refractivity contribution in [3.63, 3.8) is 0 Å². The lowest BCUT2D eigenvalue weighted by Crippen LogP contribution is -2.04. The number of nitrogens with one attached hydrogen (secondary N) is 1. The van der Waals surface area contributed by atoms with E-state index < -0.39 is 5.82 Å². The van der Waals surface area contributed by atoms with E-state index in [0.717, 1.165) is 0 Å². The number of ether oxygens (including phenoxy) is 1. The van der Waals surface area contributed by atoms with Crippen molar-refractivity contribution in [1.82, 2.24) is 9.97 Å². The van der Waals surface area contributed by atoms with Crippen LogP contribution in [0, 0.1) is 5.82 Å². The van der Waals surface area contributed by atoms with Crippen LogP contribution in [0.4, 0.5) is 10.2 Å². The predicted molar refractivity (Wildman–Crippen MR) is 73.2 cm³/mol. The molecule has 0 atom stereocenters. The maximum absolute atomic E-state index is 13.9. The molecule has 0 amide bonds. The van der Waals surface area contributed by atoms with Gasteiger partial charge in [0.15, 0.2) is 11.6 Å². The summed E-state index contributed by atoms with van der Waals surface area (Å²) in [6.45, 7) is 2.61. The summed E-state index contributed by atoms with van der Waals surface area (Å²) in [5.41, 5.74) is 0.713. The molecule has 0 aliphatic heterocycles. The fourth-order valence-corrected chi connectivity index (χ4v) is 1.89.